The quantitative estimate of drug-likeness (QED) is 0.647. The van der Waals surface area contributed by atoms with E-state index in [-0.39, 0.29) is 23.1 Å². The Morgan fingerprint density at radius 1 is 1.35 bits per heavy atom. The molecule has 9 heteroatoms. The van der Waals surface area contributed by atoms with Gasteiger partial charge in [0.2, 0.25) is 0 Å². The molecule has 0 unspecified atom stereocenters. The number of hydrogen-bond acceptors (Lipinski definition) is 5. The maximum Gasteiger partial charge on any atom is 0.387 e. The van der Waals surface area contributed by atoms with Crippen LogP contribution < -0.4 is 9.47 Å². The Labute approximate surface area is 151 Å². The van der Waals surface area contributed by atoms with Crippen LogP contribution in [-0.4, -0.2) is 29.7 Å². The van der Waals surface area contributed by atoms with Crippen molar-refractivity contribution in [2.45, 2.75) is 13.2 Å². The highest BCUT2D eigenvalue weighted by molar-refractivity contribution is 6.32. The van der Waals surface area contributed by atoms with Crippen molar-refractivity contribution in [1.29, 1.82) is 0 Å². The third kappa shape index (κ3) is 3.70. The first-order valence-corrected chi connectivity index (χ1v) is 7.78. The second kappa shape index (κ2) is 7.57. The second-order valence-corrected chi connectivity index (χ2v) is 5.57. The topological polar surface area (TPSA) is 73.4 Å². The minimum Gasteiger partial charge on any atom is -0.493 e. The van der Waals surface area contributed by atoms with E-state index in [1.165, 1.54) is 25.4 Å². The molecule has 0 spiro atoms. The molecule has 0 aliphatic rings. The largest absolute Gasteiger partial charge is 0.493 e. The van der Waals surface area contributed by atoms with Crippen molar-refractivity contribution in [3.8, 4) is 11.5 Å². The fourth-order valence-electron chi connectivity index (χ4n) is 2.43. The van der Waals surface area contributed by atoms with E-state index in [0.717, 1.165) is 0 Å². The Morgan fingerprint density at radius 2 is 2.15 bits per heavy atom. The molecule has 0 amide bonds. The van der Waals surface area contributed by atoms with Crippen molar-refractivity contribution in [3.63, 3.8) is 0 Å². The first-order chi connectivity index (χ1) is 12.5. The predicted octanol–water partition coefficient (Wildman–Crippen LogP) is 4.18. The van der Waals surface area contributed by atoms with Gasteiger partial charge in [-0.3, -0.25) is 0 Å². The molecule has 0 saturated heterocycles. The van der Waals surface area contributed by atoms with Crippen LogP contribution in [0, 0.1) is 0 Å². The van der Waals surface area contributed by atoms with Gasteiger partial charge in [-0.05, 0) is 29.8 Å². The van der Waals surface area contributed by atoms with Gasteiger partial charge in [-0.15, -0.1) is 0 Å². The predicted molar refractivity (Wildman–Crippen MR) is 89.8 cm³/mol. The minimum absolute atomic E-state index is 0.0146. The number of carbonyl (C=O) groups excluding carboxylic acids is 1. The lowest BCUT2D eigenvalue weighted by Gasteiger charge is -2.13. The Bertz CT molecular complexity index is 946. The van der Waals surface area contributed by atoms with Crippen LogP contribution in [0.2, 0.25) is 5.02 Å². The van der Waals surface area contributed by atoms with Crippen LogP contribution in [-0.2, 0) is 11.3 Å². The molecule has 0 fully saturated rings. The van der Waals surface area contributed by atoms with Crippen molar-refractivity contribution in [2.24, 2.45) is 0 Å². The van der Waals surface area contributed by atoms with Gasteiger partial charge in [-0.2, -0.15) is 8.78 Å². The zero-order valence-corrected chi connectivity index (χ0v) is 14.2. The molecule has 3 rings (SSSR count). The summed E-state index contributed by atoms with van der Waals surface area (Å²) in [4.78, 5) is 19.3. The summed E-state index contributed by atoms with van der Waals surface area (Å²) in [6.07, 6.45) is 3.16. The van der Waals surface area contributed by atoms with Gasteiger partial charge in [-0.25, -0.2) is 9.78 Å². The molecule has 0 aliphatic heterocycles. The Hall–Kier alpha value is -2.87. The highest BCUT2D eigenvalue weighted by Crippen LogP contribution is 2.37. The number of nitrogens with one attached hydrogen (secondary N) is 1. The normalized spacial score (nSPS) is 11.0. The number of halogens is 3. The van der Waals surface area contributed by atoms with Crippen LogP contribution in [0.3, 0.4) is 0 Å². The van der Waals surface area contributed by atoms with Crippen LogP contribution >= 0.6 is 11.6 Å². The van der Waals surface area contributed by atoms with Crippen LogP contribution in [0.5, 0.6) is 11.5 Å². The van der Waals surface area contributed by atoms with Crippen molar-refractivity contribution < 1.29 is 27.8 Å². The molecule has 0 radical (unpaired) electrons. The number of ether oxygens (including phenoxy) is 3. The van der Waals surface area contributed by atoms with Crippen LogP contribution in [0.4, 0.5) is 8.78 Å². The first-order valence-electron chi connectivity index (χ1n) is 7.40. The molecule has 1 aromatic carbocycles. The minimum atomic E-state index is -3.04. The summed E-state index contributed by atoms with van der Waals surface area (Å²) in [6.45, 7) is -3.17. The lowest BCUT2D eigenvalue weighted by molar-refractivity contribution is -0.0511. The smallest absolute Gasteiger partial charge is 0.387 e. The third-order valence-electron chi connectivity index (χ3n) is 3.55. The van der Waals surface area contributed by atoms with Gasteiger partial charge >= 0.3 is 12.6 Å². The molecule has 6 nitrogen and oxygen atoms in total. The Balaban J connectivity index is 1.78. The van der Waals surface area contributed by atoms with Gasteiger partial charge in [0.05, 0.1) is 17.7 Å². The molecule has 2 aromatic heterocycles. The molecule has 0 atom stereocenters. The fraction of sp³-hybridized carbons (Fsp3) is 0.176. The molecule has 1 N–H and O–H groups in total. The average Bonchev–Trinajstić information content (AvgIpc) is 3.09. The van der Waals surface area contributed by atoms with Crippen molar-refractivity contribution in [2.75, 3.05) is 7.11 Å². The molecule has 0 bridgehead atoms. The Kier molecular flexibility index (Phi) is 5.22. The van der Waals surface area contributed by atoms with E-state index in [0.29, 0.717) is 22.2 Å². The van der Waals surface area contributed by atoms with E-state index < -0.39 is 12.6 Å². The number of carbonyl (C=O) groups is 1. The monoisotopic (exact) mass is 382 g/mol. The van der Waals surface area contributed by atoms with Crippen LogP contribution in [0.1, 0.15) is 15.9 Å². The van der Waals surface area contributed by atoms with E-state index in [9.17, 15) is 13.6 Å². The number of alkyl halides is 2. The summed E-state index contributed by atoms with van der Waals surface area (Å²) in [6, 6.07) is 6.05. The molecule has 0 aliphatic carbocycles. The zero-order chi connectivity index (χ0) is 18.7. The third-order valence-corrected chi connectivity index (χ3v) is 3.83. The number of rotatable bonds is 6. The van der Waals surface area contributed by atoms with Gasteiger partial charge in [-0.1, -0.05) is 11.6 Å². The molecule has 3 aromatic rings. The van der Waals surface area contributed by atoms with Gasteiger partial charge in [0.25, 0.3) is 0 Å². The second-order valence-electron chi connectivity index (χ2n) is 5.16. The fourth-order valence-corrected chi connectivity index (χ4v) is 2.70. The number of esters is 1. The standard InChI is InChI=1S/C17H13ClF2N2O4/c1-24-13-7-9(6-12(18)14(13)26-17(19)20)8-25-16(23)11-3-5-22-15-10(11)2-4-21-15/h2-7,17H,8H2,1H3,(H,21,22). The van der Waals surface area contributed by atoms with Crippen molar-refractivity contribution >= 4 is 28.6 Å². The number of aromatic amines is 1. The van der Waals surface area contributed by atoms with Gasteiger partial charge in [0, 0.05) is 17.8 Å². The van der Waals surface area contributed by atoms with E-state index in [2.05, 4.69) is 14.7 Å². The number of methoxy groups -OCH3 is 1. The highest BCUT2D eigenvalue weighted by Gasteiger charge is 2.18. The van der Waals surface area contributed by atoms with Crippen molar-refractivity contribution in [3.05, 3.63) is 52.8 Å². The highest BCUT2D eigenvalue weighted by atomic mass is 35.5. The van der Waals surface area contributed by atoms with Crippen LogP contribution in [0.25, 0.3) is 11.0 Å². The summed E-state index contributed by atoms with van der Waals surface area (Å²) in [5.41, 5.74) is 1.38. The Morgan fingerprint density at radius 3 is 2.88 bits per heavy atom. The zero-order valence-electron chi connectivity index (χ0n) is 13.5. The summed E-state index contributed by atoms with van der Waals surface area (Å²) < 4.78 is 39.5. The van der Waals surface area contributed by atoms with E-state index in [1.54, 1.807) is 18.3 Å². The summed E-state index contributed by atoms with van der Waals surface area (Å²) in [5, 5.41) is 0.557. The maximum absolute atomic E-state index is 12.4. The maximum atomic E-state index is 12.4. The van der Waals surface area contributed by atoms with E-state index in [1.807, 2.05) is 0 Å². The average molecular weight is 383 g/mol. The summed E-state index contributed by atoms with van der Waals surface area (Å²) in [7, 11) is 1.29. The molecule has 0 saturated carbocycles. The number of H-pyrrole nitrogens is 1. The number of benzene rings is 1. The number of hydrogen-bond donors (Lipinski definition) is 1. The van der Waals surface area contributed by atoms with Gasteiger partial charge in [0.1, 0.15) is 12.3 Å². The summed E-state index contributed by atoms with van der Waals surface area (Å²) in [5.74, 6) is -0.816. The SMILES string of the molecule is COc1cc(COC(=O)c2ccnc3[nH]ccc23)cc(Cl)c1OC(F)F. The molecule has 26 heavy (non-hydrogen) atoms. The van der Waals surface area contributed by atoms with Crippen LogP contribution in [0.15, 0.2) is 36.7 Å². The molecular formula is C17H13ClF2N2O4. The lowest BCUT2D eigenvalue weighted by Crippen LogP contribution is -2.07. The number of aromatic nitrogens is 2. The van der Waals surface area contributed by atoms with Gasteiger partial charge < -0.3 is 19.2 Å². The summed E-state index contributed by atoms with van der Waals surface area (Å²) >= 11 is 5.96. The molecule has 136 valence electrons. The van der Waals surface area contributed by atoms with E-state index in [4.69, 9.17) is 21.1 Å². The number of nitrogens with zero attached hydrogens (tertiary/aromatic N) is 1. The molecule has 2 heterocycles. The molecular weight excluding hydrogens is 370 g/mol. The van der Waals surface area contributed by atoms with E-state index >= 15 is 0 Å². The number of pyridine rings is 1. The van der Waals surface area contributed by atoms with Gasteiger partial charge in [0.15, 0.2) is 11.5 Å². The lowest BCUT2D eigenvalue weighted by atomic mass is 10.2. The first kappa shape index (κ1) is 17.9. The number of fused-ring (bicyclic) bond motifs is 1. The van der Waals surface area contributed by atoms with Crippen molar-refractivity contribution in [1.82, 2.24) is 9.97 Å².